The third-order valence-corrected chi connectivity index (χ3v) is 4.00. The third kappa shape index (κ3) is 4.70. The molecule has 1 atom stereocenters. The summed E-state index contributed by atoms with van der Waals surface area (Å²) in [7, 11) is 0. The second-order valence-electron chi connectivity index (χ2n) is 4.69. The Morgan fingerprint density at radius 2 is 2.11 bits per heavy atom. The lowest BCUT2D eigenvalue weighted by Gasteiger charge is -2.10. The standard InChI is InChI=1S/C14H19NO2S/c16-13(12-4-2-1-3-5-12)9-18-10-14(17)15-8-11-6-7-11/h1-5,11,13,16H,6-10H2,(H,15,17). The fourth-order valence-corrected chi connectivity index (χ4v) is 2.49. The molecule has 4 heteroatoms. The summed E-state index contributed by atoms with van der Waals surface area (Å²) in [6.45, 7) is 0.820. The van der Waals surface area contributed by atoms with Crippen LogP contribution in [0.2, 0.25) is 0 Å². The van der Waals surface area contributed by atoms with E-state index in [4.69, 9.17) is 0 Å². The molecule has 2 N–H and O–H groups in total. The minimum absolute atomic E-state index is 0.0761. The Morgan fingerprint density at radius 3 is 2.78 bits per heavy atom. The fourth-order valence-electron chi connectivity index (χ4n) is 1.67. The maximum absolute atomic E-state index is 11.5. The Kier molecular flexibility index (Phi) is 5.08. The number of hydrogen-bond donors (Lipinski definition) is 2. The van der Waals surface area contributed by atoms with Gasteiger partial charge >= 0.3 is 0 Å². The number of nitrogens with one attached hydrogen (secondary N) is 1. The molecule has 3 nitrogen and oxygen atoms in total. The Labute approximate surface area is 112 Å². The van der Waals surface area contributed by atoms with Gasteiger partial charge in [0.25, 0.3) is 0 Å². The summed E-state index contributed by atoms with van der Waals surface area (Å²) in [4.78, 5) is 11.5. The van der Waals surface area contributed by atoms with E-state index < -0.39 is 6.10 Å². The fraction of sp³-hybridized carbons (Fsp3) is 0.500. The highest BCUT2D eigenvalue weighted by Gasteiger charge is 2.21. The first-order valence-electron chi connectivity index (χ1n) is 6.33. The van der Waals surface area contributed by atoms with Crippen LogP contribution < -0.4 is 5.32 Å². The molecule has 0 saturated heterocycles. The largest absolute Gasteiger partial charge is 0.388 e. The van der Waals surface area contributed by atoms with E-state index in [0.29, 0.717) is 17.4 Å². The molecule has 0 aliphatic heterocycles. The number of carbonyl (C=O) groups excluding carboxylic acids is 1. The van der Waals surface area contributed by atoms with Gasteiger partial charge in [-0.25, -0.2) is 0 Å². The van der Waals surface area contributed by atoms with Crippen molar-refractivity contribution in [1.82, 2.24) is 5.32 Å². The first-order valence-corrected chi connectivity index (χ1v) is 7.48. The normalized spacial score (nSPS) is 16.3. The van der Waals surface area contributed by atoms with Crippen LogP contribution in [0.5, 0.6) is 0 Å². The second-order valence-corrected chi connectivity index (χ2v) is 5.72. The molecule has 1 unspecified atom stereocenters. The van der Waals surface area contributed by atoms with Gasteiger partial charge in [-0.05, 0) is 24.3 Å². The van der Waals surface area contributed by atoms with Crippen LogP contribution in [-0.2, 0) is 4.79 Å². The molecule has 0 radical (unpaired) electrons. The lowest BCUT2D eigenvalue weighted by molar-refractivity contribution is -0.118. The van der Waals surface area contributed by atoms with Gasteiger partial charge in [0.15, 0.2) is 0 Å². The molecule has 1 aromatic rings. The van der Waals surface area contributed by atoms with E-state index in [1.54, 1.807) is 0 Å². The zero-order valence-electron chi connectivity index (χ0n) is 10.3. The van der Waals surface area contributed by atoms with E-state index in [1.807, 2.05) is 30.3 Å². The van der Waals surface area contributed by atoms with Crippen molar-refractivity contribution in [3.05, 3.63) is 35.9 Å². The molecule has 1 saturated carbocycles. The third-order valence-electron chi connectivity index (χ3n) is 2.98. The Bertz CT molecular complexity index is 379. The van der Waals surface area contributed by atoms with Crippen LogP contribution in [0.1, 0.15) is 24.5 Å². The molecular formula is C14H19NO2S. The van der Waals surface area contributed by atoms with Crippen molar-refractivity contribution >= 4 is 17.7 Å². The van der Waals surface area contributed by atoms with Gasteiger partial charge in [0.05, 0.1) is 11.9 Å². The zero-order valence-corrected chi connectivity index (χ0v) is 11.2. The smallest absolute Gasteiger partial charge is 0.230 e. The topological polar surface area (TPSA) is 49.3 Å². The van der Waals surface area contributed by atoms with Crippen LogP contribution >= 0.6 is 11.8 Å². The van der Waals surface area contributed by atoms with Gasteiger partial charge in [-0.3, -0.25) is 4.79 Å². The van der Waals surface area contributed by atoms with E-state index in [1.165, 1.54) is 24.6 Å². The monoisotopic (exact) mass is 265 g/mol. The van der Waals surface area contributed by atoms with Gasteiger partial charge in [-0.15, -0.1) is 11.8 Å². The summed E-state index contributed by atoms with van der Waals surface area (Å²) in [6.07, 6.45) is 2.01. The Balaban J connectivity index is 1.60. The van der Waals surface area contributed by atoms with Crippen molar-refractivity contribution in [2.75, 3.05) is 18.1 Å². The highest BCUT2D eigenvalue weighted by atomic mass is 32.2. The lowest BCUT2D eigenvalue weighted by Crippen LogP contribution is -2.27. The van der Waals surface area contributed by atoms with E-state index in [9.17, 15) is 9.90 Å². The number of amides is 1. The molecule has 0 bridgehead atoms. The van der Waals surface area contributed by atoms with E-state index in [2.05, 4.69) is 5.32 Å². The van der Waals surface area contributed by atoms with Crippen LogP contribution in [0.25, 0.3) is 0 Å². The molecule has 98 valence electrons. The number of aliphatic hydroxyl groups excluding tert-OH is 1. The average molecular weight is 265 g/mol. The van der Waals surface area contributed by atoms with Crippen LogP contribution in [0.3, 0.4) is 0 Å². The molecule has 0 aromatic heterocycles. The van der Waals surface area contributed by atoms with Gasteiger partial charge in [0, 0.05) is 12.3 Å². The van der Waals surface area contributed by atoms with Gasteiger partial charge in [0.1, 0.15) is 0 Å². The number of benzene rings is 1. The number of rotatable bonds is 7. The van der Waals surface area contributed by atoms with Gasteiger partial charge in [0.2, 0.25) is 5.91 Å². The lowest BCUT2D eigenvalue weighted by atomic mass is 10.1. The van der Waals surface area contributed by atoms with Crippen molar-refractivity contribution in [3.63, 3.8) is 0 Å². The van der Waals surface area contributed by atoms with Gasteiger partial charge in [-0.2, -0.15) is 0 Å². The molecule has 18 heavy (non-hydrogen) atoms. The first kappa shape index (κ1) is 13.4. The molecule has 1 fully saturated rings. The van der Waals surface area contributed by atoms with Crippen LogP contribution in [0.15, 0.2) is 30.3 Å². The van der Waals surface area contributed by atoms with Crippen molar-refractivity contribution < 1.29 is 9.90 Å². The number of thioether (sulfide) groups is 1. The SMILES string of the molecule is O=C(CSCC(O)c1ccccc1)NCC1CC1. The molecular weight excluding hydrogens is 246 g/mol. The molecule has 1 aliphatic carbocycles. The predicted octanol–water partition coefficient (Wildman–Crippen LogP) is 1.98. The summed E-state index contributed by atoms with van der Waals surface area (Å²) < 4.78 is 0. The van der Waals surface area contributed by atoms with E-state index >= 15 is 0 Å². The minimum atomic E-state index is -0.493. The van der Waals surface area contributed by atoms with Crippen molar-refractivity contribution in [2.24, 2.45) is 5.92 Å². The summed E-state index contributed by atoms with van der Waals surface area (Å²) in [5, 5.41) is 12.8. The number of aliphatic hydroxyl groups is 1. The van der Waals surface area contributed by atoms with Crippen LogP contribution in [0.4, 0.5) is 0 Å². The predicted molar refractivity (Wildman–Crippen MR) is 74.5 cm³/mol. The Morgan fingerprint density at radius 1 is 1.39 bits per heavy atom. The van der Waals surface area contributed by atoms with Crippen LogP contribution in [-0.4, -0.2) is 29.1 Å². The summed E-state index contributed by atoms with van der Waals surface area (Å²) >= 11 is 1.47. The van der Waals surface area contributed by atoms with Crippen molar-refractivity contribution in [3.8, 4) is 0 Å². The van der Waals surface area contributed by atoms with E-state index in [-0.39, 0.29) is 5.91 Å². The zero-order chi connectivity index (χ0) is 12.8. The van der Waals surface area contributed by atoms with Crippen molar-refractivity contribution in [1.29, 1.82) is 0 Å². The maximum atomic E-state index is 11.5. The van der Waals surface area contributed by atoms with Gasteiger partial charge < -0.3 is 10.4 Å². The first-order chi connectivity index (χ1) is 8.75. The summed E-state index contributed by atoms with van der Waals surface area (Å²) in [6, 6.07) is 9.54. The maximum Gasteiger partial charge on any atom is 0.230 e. The molecule has 2 rings (SSSR count). The molecule has 1 aliphatic rings. The summed E-state index contributed by atoms with van der Waals surface area (Å²) in [5.41, 5.74) is 0.906. The highest BCUT2D eigenvalue weighted by Crippen LogP contribution is 2.27. The quantitative estimate of drug-likeness (QED) is 0.792. The van der Waals surface area contributed by atoms with Crippen LogP contribution in [0, 0.1) is 5.92 Å². The van der Waals surface area contributed by atoms with Gasteiger partial charge in [-0.1, -0.05) is 30.3 Å². The minimum Gasteiger partial charge on any atom is -0.388 e. The number of carbonyl (C=O) groups is 1. The average Bonchev–Trinajstić information content (AvgIpc) is 3.21. The number of hydrogen-bond acceptors (Lipinski definition) is 3. The van der Waals surface area contributed by atoms with E-state index in [0.717, 1.165) is 12.1 Å². The highest BCUT2D eigenvalue weighted by molar-refractivity contribution is 7.99. The summed E-state index contributed by atoms with van der Waals surface area (Å²) in [5.74, 6) is 1.78. The molecule has 0 heterocycles. The molecule has 1 amide bonds. The Hall–Kier alpha value is -1.00. The molecule has 0 spiro atoms. The molecule has 1 aromatic carbocycles. The van der Waals surface area contributed by atoms with Crippen molar-refractivity contribution in [2.45, 2.75) is 18.9 Å². The second kappa shape index (κ2) is 6.81.